The minimum absolute atomic E-state index is 0. The molecule has 2 heterocycles. The van der Waals surface area contributed by atoms with Gasteiger partial charge in [-0.2, -0.15) is 0 Å². The van der Waals surface area contributed by atoms with E-state index in [4.69, 9.17) is 0 Å². The molecule has 2 atom stereocenters. The van der Waals surface area contributed by atoms with Gasteiger partial charge in [-0.15, -0.1) is 24.0 Å². The molecule has 0 radical (unpaired) electrons. The van der Waals surface area contributed by atoms with Crippen molar-refractivity contribution in [2.75, 3.05) is 39.8 Å². The fourth-order valence-electron chi connectivity index (χ4n) is 3.69. The Kier molecular flexibility index (Phi) is 10.7. The average molecular weight is 465 g/mol. The highest BCUT2D eigenvalue weighted by atomic mass is 127. The monoisotopic (exact) mass is 465 g/mol. The minimum Gasteiger partial charge on any atom is -0.356 e. The quantitative estimate of drug-likeness (QED) is 0.273. The summed E-state index contributed by atoms with van der Waals surface area (Å²) in [6.07, 6.45) is 6.79. The topological polar surface area (TPSA) is 60.0 Å². The van der Waals surface area contributed by atoms with E-state index in [1.165, 1.54) is 25.8 Å². The van der Waals surface area contributed by atoms with E-state index < -0.39 is 0 Å². The molecule has 146 valence electrons. The number of halogens is 1. The van der Waals surface area contributed by atoms with Crippen molar-refractivity contribution in [3.8, 4) is 0 Å². The molecule has 2 N–H and O–H groups in total. The number of hydrogen-bond acceptors (Lipinski definition) is 3. The number of likely N-dealkylation sites (tertiary alicyclic amines) is 2. The standard InChI is InChI=1S/C18H35N5O.HI/c1-4-17(24)23-13-9-16(14-23)21-18(19-3)20-10-7-12-22-11-6-5-8-15(22)2;/h15-16H,4-14H2,1-3H3,(H2,19,20,21);1H. The van der Waals surface area contributed by atoms with Crippen LogP contribution in [-0.4, -0.2) is 73.5 Å². The lowest BCUT2D eigenvalue weighted by molar-refractivity contribution is -0.129. The van der Waals surface area contributed by atoms with Crippen molar-refractivity contribution in [2.24, 2.45) is 4.99 Å². The number of hydrogen-bond donors (Lipinski definition) is 2. The molecule has 6 nitrogen and oxygen atoms in total. The summed E-state index contributed by atoms with van der Waals surface area (Å²) in [7, 11) is 1.81. The first-order valence-corrected chi connectivity index (χ1v) is 9.63. The Balaban J connectivity index is 0.00000312. The van der Waals surface area contributed by atoms with Gasteiger partial charge >= 0.3 is 0 Å². The van der Waals surface area contributed by atoms with Gasteiger partial charge in [-0.1, -0.05) is 13.3 Å². The molecule has 0 aromatic heterocycles. The van der Waals surface area contributed by atoms with Crippen molar-refractivity contribution in [3.63, 3.8) is 0 Å². The molecule has 0 aromatic carbocycles. The SMILES string of the molecule is CCC(=O)N1CCC(NC(=NC)NCCCN2CCCCC2C)C1.I. The normalized spacial score (nSPS) is 24.8. The number of carbonyl (C=O) groups is 1. The molecule has 2 saturated heterocycles. The Bertz CT molecular complexity index is 432. The van der Waals surface area contributed by atoms with E-state index in [-0.39, 0.29) is 29.9 Å². The third-order valence-corrected chi connectivity index (χ3v) is 5.26. The van der Waals surface area contributed by atoms with Gasteiger partial charge in [0.05, 0.1) is 0 Å². The molecule has 0 aromatic rings. The van der Waals surface area contributed by atoms with E-state index in [9.17, 15) is 4.79 Å². The Labute approximate surface area is 170 Å². The van der Waals surface area contributed by atoms with Crippen LogP contribution in [0.2, 0.25) is 0 Å². The molecule has 2 unspecified atom stereocenters. The number of piperidine rings is 1. The lowest BCUT2D eigenvalue weighted by Crippen LogP contribution is -2.46. The molecule has 2 fully saturated rings. The van der Waals surface area contributed by atoms with Gasteiger partial charge < -0.3 is 20.4 Å². The highest BCUT2D eigenvalue weighted by Crippen LogP contribution is 2.16. The second-order valence-electron chi connectivity index (χ2n) is 7.06. The van der Waals surface area contributed by atoms with E-state index in [1.807, 2.05) is 18.9 Å². The lowest BCUT2D eigenvalue weighted by Gasteiger charge is -2.33. The van der Waals surface area contributed by atoms with Gasteiger partial charge in [0.25, 0.3) is 0 Å². The van der Waals surface area contributed by atoms with Crippen molar-refractivity contribution in [2.45, 2.75) is 64.5 Å². The number of carbonyl (C=O) groups excluding carboxylic acids is 1. The van der Waals surface area contributed by atoms with Gasteiger partial charge in [0.2, 0.25) is 5.91 Å². The van der Waals surface area contributed by atoms with Gasteiger partial charge in [0.15, 0.2) is 5.96 Å². The number of rotatable bonds is 6. The van der Waals surface area contributed by atoms with Crippen molar-refractivity contribution in [3.05, 3.63) is 0 Å². The van der Waals surface area contributed by atoms with Crippen LogP contribution in [0.15, 0.2) is 4.99 Å². The number of nitrogens with zero attached hydrogens (tertiary/aromatic N) is 3. The van der Waals surface area contributed by atoms with Crippen LogP contribution in [0.25, 0.3) is 0 Å². The van der Waals surface area contributed by atoms with Gasteiger partial charge in [-0.25, -0.2) is 0 Å². The molecule has 1 amide bonds. The van der Waals surface area contributed by atoms with Crippen LogP contribution in [0.1, 0.15) is 52.4 Å². The molecule has 0 spiro atoms. The molecule has 7 heteroatoms. The first-order valence-electron chi connectivity index (χ1n) is 9.63. The maximum atomic E-state index is 11.8. The summed E-state index contributed by atoms with van der Waals surface area (Å²) in [6, 6.07) is 1.05. The lowest BCUT2D eigenvalue weighted by atomic mass is 10.0. The van der Waals surface area contributed by atoms with Crippen molar-refractivity contribution in [1.82, 2.24) is 20.4 Å². The Morgan fingerprint density at radius 2 is 2.04 bits per heavy atom. The number of amides is 1. The third-order valence-electron chi connectivity index (χ3n) is 5.26. The minimum atomic E-state index is 0. The van der Waals surface area contributed by atoms with Gasteiger partial charge in [-0.05, 0) is 39.2 Å². The molecular formula is C18H36IN5O. The summed E-state index contributed by atoms with van der Waals surface area (Å²) in [5, 5.41) is 6.87. The van der Waals surface area contributed by atoms with Crippen LogP contribution in [-0.2, 0) is 4.79 Å². The van der Waals surface area contributed by atoms with Crippen LogP contribution in [0, 0.1) is 0 Å². The molecule has 0 saturated carbocycles. The molecule has 0 bridgehead atoms. The van der Waals surface area contributed by atoms with Gasteiger partial charge in [0, 0.05) is 51.7 Å². The summed E-state index contributed by atoms with van der Waals surface area (Å²) in [5.74, 6) is 1.11. The van der Waals surface area contributed by atoms with Gasteiger partial charge in [-0.3, -0.25) is 9.79 Å². The molecule has 2 aliphatic rings. The maximum absolute atomic E-state index is 11.8. The van der Waals surface area contributed by atoms with E-state index in [1.54, 1.807) is 0 Å². The smallest absolute Gasteiger partial charge is 0.222 e. The van der Waals surface area contributed by atoms with Crippen molar-refractivity contribution in [1.29, 1.82) is 0 Å². The van der Waals surface area contributed by atoms with Crippen LogP contribution in [0.5, 0.6) is 0 Å². The van der Waals surface area contributed by atoms with E-state index >= 15 is 0 Å². The Morgan fingerprint density at radius 3 is 2.72 bits per heavy atom. The zero-order chi connectivity index (χ0) is 17.4. The summed E-state index contributed by atoms with van der Waals surface area (Å²) >= 11 is 0. The number of aliphatic imine (C=N–C) groups is 1. The van der Waals surface area contributed by atoms with Crippen molar-refractivity contribution >= 4 is 35.8 Å². The first kappa shape index (κ1) is 22.5. The molecule has 25 heavy (non-hydrogen) atoms. The molecule has 2 rings (SSSR count). The summed E-state index contributed by atoms with van der Waals surface area (Å²) in [4.78, 5) is 20.6. The molecule has 2 aliphatic heterocycles. The molecule has 0 aliphatic carbocycles. The highest BCUT2D eigenvalue weighted by Gasteiger charge is 2.25. The third kappa shape index (κ3) is 7.29. The zero-order valence-corrected chi connectivity index (χ0v) is 18.4. The second kappa shape index (κ2) is 11.9. The Hall–Kier alpha value is -0.570. The highest BCUT2D eigenvalue weighted by molar-refractivity contribution is 14.0. The van der Waals surface area contributed by atoms with E-state index in [0.717, 1.165) is 51.0 Å². The summed E-state index contributed by atoms with van der Waals surface area (Å²) in [6.45, 7) is 9.26. The Morgan fingerprint density at radius 1 is 1.24 bits per heavy atom. The maximum Gasteiger partial charge on any atom is 0.222 e. The number of guanidine groups is 1. The zero-order valence-electron chi connectivity index (χ0n) is 16.1. The van der Waals surface area contributed by atoms with E-state index in [0.29, 0.717) is 12.5 Å². The molecular weight excluding hydrogens is 429 g/mol. The largest absolute Gasteiger partial charge is 0.356 e. The summed E-state index contributed by atoms with van der Waals surface area (Å²) < 4.78 is 0. The fraction of sp³-hybridized carbons (Fsp3) is 0.889. The van der Waals surface area contributed by atoms with Gasteiger partial charge in [0.1, 0.15) is 0 Å². The predicted molar refractivity (Wildman–Crippen MR) is 115 cm³/mol. The number of nitrogens with one attached hydrogen (secondary N) is 2. The fourth-order valence-corrected chi connectivity index (χ4v) is 3.69. The average Bonchev–Trinajstić information content (AvgIpc) is 3.06. The van der Waals surface area contributed by atoms with Crippen LogP contribution < -0.4 is 10.6 Å². The summed E-state index contributed by atoms with van der Waals surface area (Å²) in [5.41, 5.74) is 0. The van der Waals surface area contributed by atoms with Crippen LogP contribution in [0.3, 0.4) is 0 Å². The van der Waals surface area contributed by atoms with Crippen LogP contribution in [0.4, 0.5) is 0 Å². The van der Waals surface area contributed by atoms with Crippen LogP contribution >= 0.6 is 24.0 Å². The second-order valence-corrected chi connectivity index (χ2v) is 7.06. The first-order chi connectivity index (χ1) is 11.6. The van der Waals surface area contributed by atoms with Crippen molar-refractivity contribution < 1.29 is 4.79 Å². The van der Waals surface area contributed by atoms with E-state index in [2.05, 4.69) is 27.4 Å². The predicted octanol–water partition coefficient (Wildman–Crippen LogP) is 2.04.